The molecule has 1 atom stereocenters. The molecule has 17 heavy (non-hydrogen) atoms. The second kappa shape index (κ2) is 8.03. The Bertz CT molecular complexity index is 194. The first-order valence-electron chi connectivity index (χ1n) is 6.69. The minimum Gasteiger partial charge on any atom is -0.385 e. The Kier molecular flexibility index (Phi) is 7.04. The lowest BCUT2D eigenvalue weighted by Crippen LogP contribution is -2.41. The van der Waals surface area contributed by atoms with Crippen LogP contribution < -0.4 is 11.1 Å². The maximum absolute atomic E-state index is 6.03. The summed E-state index contributed by atoms with van der Waals surface area (Å²) in [5, 5.41) is 3.50. The molecule has 0 aliphatic carbocycles. The van der Waals surface area contributed by atoms with Crippen molar-refractivity contribution in [2.24, 2.45) is 11.1 Å². The molecule has 0 radical (unpaired) electrons. The van der Waals surface area contributed by atoms with E-state index in [9.17, 15) is 0 Å². The van der Waals surface area contributed by atoms with Crippen LogP contribution in [0.1, 0.15) is 32.6 Å². The molecule has 102 valence electrons. The highest BCUT2D eigenvalue weighted by atomic mass is 16.5. The summed E-state index contributed by atoms with van der Waals surface area (Å²) < 4.78 is 10.4. The van der Waals surface area contributed by atoms with Gasteiger partial charge in [0.25, 0.3) is 0 Å². The van der Waals surface area contributed by atoms with Crippen molar-refractivity contribution in [3.05, 3.63) is 0 Å². The Morgan fingerprint density at radius 1 is 1.41 bits per heavy atom. The van der Waals surface area contributed by atoms with Crippen LogP contribution in [0.5, 0.6) is 0 Å². The summed E-state index contributed by atoms with van der Waals surface area (Å²) in [4.78, 5) is 0. The number of hydrogen-bond donors (Lipinski definition) is 2. The highest BCUT2D eigenvalue weighted by Crippen LogP contribution is 2.28. The Balaban J connectivity index is 2.05. The van der Waals surface area contributed by atoms with Crippen molar-refractivity contribution in [1.82, 2.24) is 5.32 Å². The lowest BCUT2D eigenvalue weighted by atomic mass is 9.82. The van der Waals surface area contributed by atoms with E-state index in [0.29, 0.717) is 5.41 Å². The van der Waals surface area contributed by atoms with E-state index in [1.165, 1.54) is 0 Å². The number of nitrogens with one attached hydrogen (secondary N) is 1. The smallest absolute Gasteiger partial charge is 0.0471 e. The van der Waals surface area contributed by atoms with Crippen LogP contribution in [-0.2, 0) is 9.47 Å². The van der Waals surface area contributed by atoms with Crippen LogP contribution in [0, 0.1) is 5.41 Å². The summed E-state index contributed by atoms with van der Waals surface area (Å²) in [6.45, 7) is 6.90. The minimum absolute atomic E-state index is 0.244. The summed E-state index contributed by atoms with van der Waals surface area (Å²) in [5.41, 5.74) is 6.42. The zero-order valence-corrected chi connectivity index (χ0v) is 11.3. The third kappa shape index (κ3) is 6.36. The van der Waals surface area contributed by atoms with Crippen LogP contribution in [0.4, 0.5) is 0 Å². The van der Waals surface area contributed by atoms with Gasteiger partial charge in [0.1, 0.15) is 0 Å². The van der Waals surface area contributed by atoms with Gasteiger partial charge in [-0.25, -0.2) is 0 Å². The van der Waals surface area contributed by atoms with E-state index >= 15 is 0 Å². The fourth-order valence-corrected chi connectivity index (χ4v) is 2.19. The molecule has 3 N–H and O–H groups in total. The van der Waals surface area contributed by atoms with Gasteiger partial charge in [-0.3, -0.25) is 0 Å². The van der Waals surface area contributed by atoms with E-state index in [-0.39, 0.29) is 6.04 Å². The number of ether oxygens (including phenoxy) is 2. The molecular formula is C13H28N2O2. The summed E-state index contributed by atoms with van der Waals surface area (Å²) >= 11 is 0. The largest absolute Gasteiger partial charge is 0.385 e. The minimum atomic E-state index is 0.244. The van der Waals surface area contributed by atoms with Gasteiger partial charge in [-0.15, -0.1) is 0 Å². The molecule has 0 amide bonds. The fourth-order valence-electron chi connectivity index (χ4n) is 2.19. The van der Waals surface area contributed by atoms with Crippen molar-refractivity contribution in [2.45, 2.75) is 38.6 Å². The lowest BCUT2D eigenvalue weighted by Gasteiger charge is -2.34. The first kappa shape index (κ1) is 14.9. The van der Waals surface area contributed by atoms with E-state index in [4.69, 9.17) is 15.2 Å². The number of methoxy groups -OCH3 is 1. The quantitative estimate of drug-likeness (QED) is 0.629. The monoisotopic (exact) mass is 244 g/mol. The average molecular weight is 244 g/mol. The molecule has 4 heteroatoms. The van der Waals surface area contributed by atoms with Crippen molar-refractivity contribution in [2.75, 3.05) is 40.0 Å². The zero-order valence-electron chi connectivity index (χ0n) is 11.3. The van der Waals surface area contributed by atoms with Gasteiger partial charge in [0, 0.05) is 46.1 Å². The molecule has 1 rings (SSSR count). The van der Waals surface area contributed by atoms with Gasteiger partial charge in [0.15, 0.2) is 0 Å². The molecule has 0 spiro atoms. The Hall–Kier alpha value is -0.160. The van der Waals surface area contributed by atoms with Crippen LogP contribution in [0.25, 0.3) is 0 Å². The van der Waals surface area contributed by atoms with Crippen molar-refractivity contribution in [3.63, 3.8) is 0 Å². The molecule has 0 bridgehead atoms. The Morgan fingerprint density at radius 3 is 2.76 bits per heavy atom. The van der Waals surface area contributed by atoms with Crippen LogP contribution in [0.3, 0.4) is 0 Å². The third-order valence-electron chi connectivity index (χ3n) is 3.58. The molecule has 0 saturated carbocycles. The first-order chi connectivity index (χ1) is 8.16. The predicted molar refractivity (Wildman–Crippen MR) is 70.1 cm³/mol. The summed E-state index contributed by atoms with van der Waals surface area (Å²) in [6.07, 6.45) is 4.38. The van der Waals surface area contributed by atoms with E-state index in [0.717, 1.165) is 58.6 Å². The lowest BCUT2D eigenvalue weighted by molar-refractivity contribution is 0.0240. The maximum atomic E-state index is 6.03. The van der Waals surface area contributed by atoms with Crippen molar-refractivity contribution < 1.29 is 9.47 Å². The van der Waals surface area contributed by atoms with Gasteiger partial charge in [-0.05, 0) is 31.1 Å². The zero-order chi connectivity index (χ0) is 12.6. The van der Waals surface area contributed by atoms with Crippen LogP contribution in [0.15, 0.2) is 0 Å². The van der Waals surface area contributed by atoms with Crippen molar-refractivity contribution in [3.8, 4) is 0 Å². The molecule has 0 aromatic heterocycles. The Labute approximate surface area is 105 Å². The molecular weight excluding hydrogens is 216 g/mol. The average Bonchev–Trinajstić information content (AvgIpc) is 2.30. The molecule has 1 fully saturated rings. The molecule has 1 aliphatic heterocycles. The van der Waals surface area contributed by atoms with Gasteiger partial charge < -0.3 is 20.5 Å². The third-order valence-corrected chi connectivity index (χ3v) is 3.58. The highest BCUT2D eigenvalue weighted by molar-refractivity contribution is 4.80. The number of nitrogens with two attached hydrogens (primary N) is 1. The van der Waals surface area contributed by atoms with Gasteiger partial charge in [0.2, 0.25) is 0 Å². The van der Waals surface area contributed by atoms with Gasteiger partial charge in [-0.2, -0.15) is 0 Å². The molecule has 4 nitrogen and oxygen atoms in total. The second-order valence-corrected chi connectivity index (χ2v) is 5.45. The van der Waals surface area contributed by atoms with Crippen molar-refractivity contribution >= 4 is 0 Å². The van der Waals surface area contributed by atoms with E-state index < -0.39 is 0 Å². The summed E-state index contributed by atoms with van der Waals surface area (Å²) in [7, 11) is 1.73. The normalized spacial score (nSPS) is 21.4. The van der Waals surface area contributed by atoms with Gasteiger partial charge in [-0.1, -0.05) is 6.92 Å². The molecule has 1 saturated heterocycles. The van der Waals surface area contributed by atoms with E-state index in [2.05, 4.69) is 12.2 Å². The standard InChI is InChI=1S/C13H28N2O2/c1-13(5-8-17-9-6-13)11-15-10-12(14)4-3-7-16-2/h12,15H,3-11,14H2,1-2H3. The van der Waals surface area contributed by atoms with Crippen LogP contribution >= 0.6 is 0 Å². The SMILES string of the molecule is COCCCC(N)CNCC1(C)CCOCC1. The summed E-state index contributed by atoms with van der Waals surface area (Å²) in [5.74, 6) is 0. The maximum Gasteiger partial charge on any atom is 0.0471 e. The van der Waals surface area contributed by atoms with Gasteiger partial charge >= 0.3 is 0 Å². The van der Waals surface area contributed by atoms with Gasteiger partial charge in [0.05, 0.1) is 0 Å². The second-order valence-electron chi connectivity index (χ2n) is 5.45. The molecule has 1 unspecified atom stereocenters. The topological polar surface area (TPSA) is 56.5 Å². The number of hydrogen-bond acceptors (Lipinski definition) is 4. The first-order valence-corrected chi connectivity index (χ1v) is 6.69. The molecule has 1 aliphatic rings. The highest BCUT2D eigenvalue weighted by Gasteiger charge is 2.26. The van der Waals surface area contributed by atoms with Crippen LogP contribution in [0.2, 0.25) is 0 Å². The van der Waals surface area contributed by atoms with E-state index in [1.54, 1.807) is 7.11 Å². The number of rotatable bonds is 8. The van der Waals surface area contributed by atoms with Crippen LogP contribution in [-0.4, -0.2) is 46.1 Å². The molecule has 1 heterocycles. The van der Waals surface area contributed by atoms with E-state index in [1.807, 2.05) is 0 Å². The fraction of sp³-hybridized carbons (Fsp3) is 1.00. The Morgan fingerprint density at radius 2 is 2.12 bits per heavy atom. The molecule has 0 aromatic rings. The summed E-state index contributed by atoms with van der Waals surface area (Å²) in [6, 6.07) is 0.244. The van der Waals surface area contributed by atoms with Crippen molar-refractivity contribution in [1.29, 1.82) is 0 Å². The molecule has 0 aromatic carbocycles. The predicted octanol–water partition coefficient (Wildman–Crippen LogP) is 1.15.